The predicted molar refractivity (Wildman–Crippen MR) is 88.8 cm³/mol. The van der Waals surface area contributed by atoms with Gasteiger partial charge in [-0.15, -0.1) is 0 Å². The number of rotatable bonds is 6. The summed E-state index contributed by atoms with van der Waals surface area (Å²) >= 11 is 0. The lowest BCUT2D eigenvalue weighted by Crippen LogP contribution is -2.41. The van der Waals surface area contributed by atoms with Gasteiger partial charge in [0.25, 0.3) is 0 Å². The van der Waals surface area contributed by atoms with Crippen molar-refractivity contribution < 1.29 is 4.74 Å². The molecular formula is C18H30N2O. The Morgan fingerprint density at radius 2 is 1.86 bits per heavy atom. The first-order valence-electron chi connectivity index (χ1n) is 8.12. The van der Waals surface area contributed by atoms with Gasteiger partial charge in [0.1, 0.15) is 0 Å². The summed E-state index contributed by atoms with van der Waals surface area (Å²) in [6.45, 7) is 8.55. The molecular weight excluding hydrogens is 260 g/mol. The highest BCUT2D eigenvalue weighted by Crippen LogP contribution is 2.23. The minimum atomic E-state index is 0.343. The zero-order valence-corrected chi connectivity index (χ0v) is 14.1. The second kappa shape index (κ2) is 7.39. The standard InChI is InChI=1S/C18H30N2O/c1-13(2)15-6-8-16(9-7-15)17(19-4)12-20(5)18-10-11-21-14(18)3/h6-9,13-14,17-19H,10-12H2,1-5H3. The third-order valence-corrected chi connectivity index (χ3v) is 4.73. The summed E-state index contributed by atoms with van der Waals surface area (Å²) in [4.78, 5) is 2.44. The number of likely N-dealkylation sites (N-methyl/N-ethyl adjacent to an activating group) is 2. The highest BCUT2D eigenvalue weighted by molar-refractivity contribution is 5.27. The fraction of sp³-hybridized carbons (Fsp3) is 0.667. The molecule has 1 saturated heterocycles. The quantitative estimate of drug-likeness (QED) is 0.871. The van der Waals surface area contributed by atoms with E-state index in [1.54, 1.807) is 0 Å². The molecule has 21 heavy (non-hydrogen) atoms. The maximum absolute atomic E-state index is 5.69. The summed E-state index contributed by atoms with van der Waals surface area (Å²) in [5, 5.41) is 3.45. The van der Waals surface area contributed by atoms with Crippen LogP contribution in [0.1, 0.15) is 50.3 Å². The van der Waals surface area contributed by atoms with Crippen LogP contribution in [0.4, 0.5) is 0 Å². The third-order valence-electron chi connectivity index (χ3n) is 4.73. The van der Waals surface area contributed by atoms with Crippen LogP contribution in [0.25, 0.3) is 0 Å². The highest BCUT2D eigenvalue weighted by atomic mass is 16.5. The van der Waals surface area contributed by atoms with Crippen molar-refractivity contribution in [1.82, 2.24) is 10.2 Å². The van der Waals surface area contributed by atoms with Gasteiger partial charge in [0.2, 0.25) is 0 Å². The van der Waals surface area contributed by atoms with Crippen molar-refractivity contribution in [2.45, 2.75) is 51.3 Å². The van der Waals surface area contributed by atoms with Gasteiger partial charge in [-0.25, -0.2) is 0 Å². The van der Waals surface area contributed by atoms with Crippen LogP contribution in [0.15, 0.2) is 24.3 Å². The molecule has 0 saturated carbocycles. The van der Waals surface area contributed by atoms with E-state index in [0.29, 0.717) is 24.1 Å². The van der Waals surface area contributed by atoms with Crippen molar-refractivity contribution in [3.63, 3.8) is 0 Å². The molecule has 3 atom stereocenters. The van der Waals surface area contributed by atoms with Gasteiger partial charge in [0.15, 0.2) is 0 Å². The molecule has 3 heteroatoms. The fourth-order valence-electron chi connectivity index (χ4n) is 3.20. The Morgan fingerprint density at radius 1 is 1.24 bits per heavy atom. The molecule has 1 heterocycles. The Hall–Kier alpha value is -0.900. The number of nitrogens with one attached hydrogen (secondary N) is 1. The molecule has 0 spiro atoms. The SMILES string of the molecule is CNC(CN(C)C1CCOC1C)c1ccc(C(C)C)cc1. The summed E-state index contributed by atoms with van der Waals surface area (Å²) in [6, 6.07) is 9.94. The van der Waals surface area contributed by atoms with Crippen molar-refractivity contribution in [2.24, 2.45) is 0 Å². The van der Waals surface area contributed by atoms with Crippen LogP contribution in [0.3, 0.4) is 0 Å². The molecule has 3 nitrogen and oxygen atoms in total. The van der Waals surface area contributed by atoms with E-state index in [4.69, 9.17) is 4.74 Å². The number of hydrogen-bond donors (Lipinski definition) is 1. The number of ether oxygens (including phenoxy) is 1. The minimum Gasteiger partial charge on any atom is -0.377 e. The van der Waals surface area contributed by atoms with Gasteiger partial charge in [-0.2, -0.15) is 0 Å². The van der Waals surface area contributed by atoms with E-state index in [1.165, 1.54) is 11.1 Å². The van der Waals surface area contributed by atoms with Crippen molar-refractivity contribution in [2.75, 3.05) is 27.2 Å². The van der Waals surface area contributed by atoms with Crippen molar-refractivity contribution in [1.29, 1.82) is 0 Å². The van der Waals surface area contributed by atoms with E-state index >= 15 is 0 Å². The second-order valence-corrected chi connectivity index (χ2v) is 6.53. The van der Waals surface area contributed by atoms with Crippen molar-refractivity contribution in [3.8, 4) is 0 Å². The minimum absolute atomic E-state index is 0.343. The first-order chi connectivity index (χ1) is 10.0. The van der Waals surface area contributed by atoms with E-state index in [-0.39, 0.29) is 0 Å². The highest BCUT2D eigenvalue weighted by Gasteiger charge is 2.29. The summed E-state index contributed by atoms with van der Waals surface area (Å²) < 4.78 is 5.69. The summed E-state index contributed by atoms with van der Waals surface area (Å²) in [7, 11) is 4.26. The number of benzene rings is 1. The molecule has 3 unspecified atom stereocenters. The Morgan fingerprint density at radius 3 is 2.33 bits per heavy atom. The van der Waals surface area contributed by atoms with Crippen LogP contribution in [0.2, 0.25) is 0 Å². The maximum atomic E-state index is 5.69. The Kier molecular flexibility index (Phi) is 5.80. The van der Waals surface area contributed by atoms with E-state index in [0.717, 1.165) is 19.6 Å². The van der Waals surface area contributed by atoms with Crippen molar-refractivity contribution >= 4 is 0 Å². The lowest BCUT2D eigenvalue weighted by atomic mass is 9.98. The zero-order valence-electron chi connectivity index (χ0n) is 14.1. The monoisotopic (exact) mass is 290 g/mol. The normalized spacial score (nSPS) is 24.0. The van der Waals surface area contributed by atoms with Gasteiger partial charge in [0, 0.05) is 25.2 Å². The van der Waals surface area contributed by atoms with Gasteiger partial charge in [-0.05, 0) is 44.5 Å². The van der Waals surface area contributed by atoms with Crippen molar-refractivity contribution in [3.05, 3.63) is 35.4 Å². The Balaban J connectivity index is 2.01. The Labute approximate surface area is 129 Å². The van der Waals surface area contributed by atoms with E-state index < -0.39 is 0 Å². The van der Waals surface area contributed by atoms with Crippen LogP contribution in [0.5, 0.6) is 0 Å². The number of nitrogens with zero attached hydrogens (tertiary/aromatic N) is 1. The third kappa shape index (κ3) is 4.06. The summed E-state index contributed by atoms with van der Waals surface area (Å²) in [5.74, 6) is 0.589. The smallest absolute Gasteiger partial charge is 0.0702 e. The molecule has 0 aliphatic carbocycles. The lowest BCUT2D eigenvalue weighted by molar-refractivity contribution is 0.0806. The molecule has 1 aliphatic rings. The average Bonchev–Trinajstić information content (AvgIpc) is 2.91. The predicted octanol–water partition coefficient (Wildman–Crippen LogP) is 3.18. The lowest BCUT2D eigenvalue weighted by Gasteiger charge is -2.30. The fourth-order valence-corrected chi connectivity index (χ4v) is 3.20. The molecule has 0 bridgehead atoms. The summed E-state index contributed by atoms with van der Waals surface area (Å²) in [5.41, 5.74) is 2.76. The van der Waals surface area contributed by atoms with Crippen LogP contribution < -0.4 is 5.32 Å². The first kappa shape index (κ1) is 16.5. The number of hydrogen-bond acceptors (Lipinski definition) is 3. The van der Waals surface area contributed by atoms with Gasteiger partial charge < -0.3 is 10.1 Å². The van der Waals surface area contributed by atoms with Crippen LogP contribution in [-0.2, 0) is 4.74 Å². The molecule has 1 fully saturated rings. The van der Waals surface area contributed by atoms with Gasteiger partial charge in [0.05, 0.1) is 6.10 Å². The molecule has 0 radical (unpaired) electrons. The van der Waals surface area contributed by atoms with E-state index in [1.807, 2.05) is 7.05 Å². The van der Waals surface area contributed by atoms with Gasteiger partial charge in [-0.3, -0.25) is 4.90 Å². The molecule has 0 aromatic heterocycles. The topological polar surface area (TPSA) is 24.5 Å². The molecule has 2 rings (SSSR count). The van der Waals surface area contributed by atoms with Crippen LogP contribution in [0, 0.1) is 0 Å². The molecule has 118 valence electrons. The first-order valence-corrected chi connectivity index (χ1v) is 8.12. The van der Waals surface area contributed by atoms with Crippen LogP contribution >= 0.6 is 0 Å². The zero-order chi connectivity index (χ0) is 15.4. The molecule has 0 amide bonds. The maximum Gasteiger partial charge on any atom is 0.0702 e. The van der Waals surface area contributed by atoms with E-state index in [9.17, 15) is 0 Å². The molecule has 1 aromatic rings. The Bertz CT molecular complexity index is 429. The van der Waals surface area contributed by atoms with Gasteiger partial charge in [-0.1, -0.05) is 38.1 Å². The molecule has 1 aromatic carbocycles. The van der Waals surface area contributed by atoms with E-state index in [2.05, 4.69) is 62.3 Å². The molecule has 1 aliphatic heterocycles. The summed E-state index contributed by atoms with van der Waals surface area (Å²) in [6.07, 6.45) is 1.48. The second-order valence-electron chi connectivity index (χ2n) is 6.53. The van der Waals surface area contributed by atoms with Crippen LogP contribution in [-0.4, -0.2) is 44.3 Å². The van der Waals surface area contributed by atoms with Gasteiger partial charge >= 0.3 is 0 Å². The average molecular weight is 290 g/mol. The largest absolute Gasteiger partial charge is 0.377 e. The molecule has 1 N–H and O–H groups in total.